The van der Waals surface area contributed by atoms with Gasteiger partial charge in [-0.3, -0.25) is 0 Å². The molecule has 0 radical (unpaired) electrons. The van der Waals surface area contributed by atoms with Crippen LogP contribution in [0.5, 0.6) is 0 Å². The highest BCUT2D eigenvalue weighted by Crippen LogP contribution is 2.15. The number of hydrogen-bond donors (Lipinski definition) is 1. The van der Waals surface area contributed by atoms with Gasteiger partial charge >= 0.3 is 0 Å². The van der Waals surface area contributed by atoms with Gasteiger partial charge in [0.1, 0.15) is 0 Å². The predicted molar refractivity (Wildman–Crippen MR) is 98.5 cm³/mol. The fourth-order valence-corrected chi connectivity index (χ4v) is 2.24. The van der Waals surface area contributed by atoms with Gasteiger partial charge in [-0.2, -0.15) is 0 Å². The van der Waals surface area contributed by atoms with Gasteiger partial charge < -0.3 is 0 Å². The Morgan fingerprint density at radius 1 is 0.560 bits per heavy atom. The molecule has 3 rings (SSSR count). The Morgan fingerprint density at radius 2 is 1.04 bits per heavy atom. The van der Waals surface area contributed by atoms with Crippen LogP contribution in [0.1, 0.15) is 22.3 Å². The number of benzene rings is 3. The lowest BCUT2D eigenvalue weighted by molar-refractivity contribution is 0.504. The molecule has 25 heavy (non-hydrogen) atoms. The van der Waals surface area contributed by atoms with Crippen LogP contribution < -0.4 is 0 Å². The average Bonchev–Trinajstić information content (AvgIpc) is 2.64. The Kier molecular flexibility index (Phi) is 5.19. The van der Waals surface area contributed by atoms with E-state index in [0.717, 1.165) is 10.5 Å². The fraction of sp³-hybridized carbons (Fsp3) is 0. The third-order valence-corrected chi connectivity index (χ3v) is 3.70. The van der Waals surface area contributed by atoms with Gasteiger partial charge in [0.25, 0.3) is 0 Å². The largest absolute Gasteiger partial charge is 0.202 e. The van der Waals surface area contributed by atoms with Crippen molar-refractivity contribution in [2.24, 2.45) is 0 Å². The van der Waals surface area contributed by atoms with Crippen molar-refractivity contribution in [3.05, 3.63) is 101 Å². The predicted octanol–water partition coefficient (Wildman–Crippen LogP) is 5.05. The molecule has 0 unspecified atom stereocenters. The molecule has 0 bridgehead atoms. The van der Waals surface area contributed by atoms with Crippen LogP contribution in [-0.2, 0) is 0 Å². The quantitative estimate of drug-likeness (QED) is 0.427. The molecule has 0 saturated carbocycles. The molecule has 0 aliphatic rings. The standard InChI is InChI=1S/C22H12F2S/c23-21-18(10-6-16-4-2-1-3-5-16)12-13-19(22(21)24)11-7-17-8-14-20(25)15-9-17/h1-5,8-9,12-15,25H. The van der Waals surface area contributed by atoms with Crippen molar-refractivity contribution in [1.82, 2.24) is 0 Å². The van der Waals surface area contributed by atoms with Gasteiger partial charge in [0.05, 0.1) is 11.1 Å². The second kappa shape index (κ2) is 7.71. The second-order valence-corrected chi connectivity index (χ2v) is 5.72. The topological polar surface area (TPSA) is 0 Å². The SMILES string of the molecule is Fc1c(C#Cc2ccccc2)ccc(C#Cc2ccc(S)cc2)c1F. The Morgan fingerprint density at radius 3 is 1.56 bits per heavy atom. The van der Waals surface area contributed by atoms with Crippen LogP contribution in [0, 0.1) is 35.3 Å². The summed E-state index contributed by atoms with van der Waals surface area (Å²) in [5.74, 6) is 8.95. The van der Waals surface area contributed by atoms with E-state index in [4.69, 9.17) is 0 Å². The molecule has 0 fully saturated rings. The normalized spacial score (nSPS) is 9.56. The first-order valence-electron chi connectivity index (χ1n) is 7.49. The molecule has 0 N–H and O–H groups in total. The molecular formula is C22H12F2S. The molecule has 0 atom stereocenters. The van der Waals surface area contributed by atoms with Gasteiger partial charge in [0.15, 0.2) is 11.6 Å². The van der Waals surface area contributed by atoms with Crippen LogP contribution in [0.15, 0.2) is 71.6 Å². The van der Waals surface area contributed by atoms with Crippen LogP contribution in [0.25, 0.3) is 0 Å². The van der Waals surface area contributed by atoms with Crippen molar-refractivity contribution in [2.75, 3.05) is 0 Å². The maximum Gasteiger partial charge on any atom is 0.175 e. The highest BCUT2D eigenvalue weighted by atomic mass is 32.1. The van der Waals surface area contributed by atoms with Crippen LogP contribution in [0.2, 0.25) is 0 Å². The second-order valence-electron chi connectivity index (χ2n) is 5.20. The fourth-order valence-electron chi connectivity index (χ4n) is 2.09. The molecule has 120 valence electrons. The molecule has 0 saturated heterocycles. The average molecular weight is 346 g/mol. The smallest absolute Gasteiger partial charge is 0.175 e. The van der Waals surface area contributed by atoms with Crippen molar-refractivity contribution in [3.63, 3.8) is 0 Å². The van der Waals surface area contributed by atoms with Crippen molar-refractivity contribution in [3.8, 4) is 23.7 Å². The van der Waals surface area contributed by atoms with Crippen molar-refractivity contribution in [1.29, 1.82) is 0 Å². The summed E-state index contributed by atoms with van der Waals surface area (Å²) in [6, 6.07) is 19.1. The minimum atomic E-state index is -0.988. The van der Waals surface area contributed by atoms with Gasteiger partial charge in [0.2, 0.25) is 0 Å². The Bertz CT molecular complexity index is 1020. The summed E-state index contributed by atoms with van der Waals surface area (Å²) in [4.78, 5) is 0.809. The molecule has 0 heterocycles. The van der Waals surface area contributed by atoms with Crippen molar-refractivity contribution < 1.29 is 8.78 Å². The molecule has 0 nitrogen and oxygen atoms in total. The first-order chi connectivity index (χ1) is 12.1. The van der Waals surface area contributed by atoms with Gasteiger partial charge in [-0.15, -0.1) is 12.6 Å². The summed E-state index contributed by atoms with van der Waals surface area (Å²) in [5, 5.41) is 0. The Labute approximate surface area is 150 Å². The lowest BCUT2D eigenvalue weighted by Crippen LogP contribution is -1.94. The molecule has 3 aromatic rings. The van der Waals surface area contributed by atoms with E-state index in [9.17, 15) is 8.78 Å². The van der Waals surface area contributed by atoms with E-state index in [1.807, 2.05) is 18.2 Å². The summed E-state index contributed by atoms with van der Waals surface area (Å²) in [5.41, 5.74) is 1.44. The summed E-state index contributed by atoms with van der Waals surface area (Å²) >= 11 is 4.19. The lowest BCUT2D eigenvalue weighted by atomic mass is 10.1. The number of hydrogen-bond acceptors (Lipinski definition) is 1. The van der Waals surface area contributed by atoms with Crippen LogP contribution in [0.4, 0.5) is 8.78 Å². The zero-order chi connectivity index (χ0) is 17.6. The third-order valence-electron chi connectivity index (χ3n) is 3.41. The van der Waals surface area contributed by atoms with E-state index in [1.54, 1.807) is 36.4 Å². The van der Waals surface area contributed by atoms with E-state index >= 15 is 0 Å². The van der Waals surface area contributed by atoms with E-state index in [0.29, 0.717) is 5.56 Å². The summed E-state index contributed by atoms with van der Waals surface area (Å²) < 4.78 is 28.4. The molecular weight excluding hydrogens is 334 g/mol. The molecule has 3 aromatic carbocycles. The maximum atomic E-state index is 14.2. The number of thiol groups is 1. The first kappa shape index (κ1) is 16.8. The van der Waals surface area contributed by atoms with Gasteiger partial charge in [-0.1, -0.05) is 41.9 Å². The van der Waals surface area contributed by atoms with Crippen LogP contribution in [0.3, 0.4) is 0 Å². The van der Waals surface area contributed by atoms with Gasteiger partial charge in [-0.05, 0) is 48.5 Å². The van der Waals surface area contributed by atoms with E-state index in [-0.39, 0.29) is 11.1 Å². The van der Waals surface area contributed by atoms with Crippen molar-refractivity contribution >= 4 is 12.6 Å². The highest BCUT2D eigenvalue weighted by molar-refractivity contribution is 7.80. The molecule has 0 aliphatic heterocycles. The number of rotatable bonds is 0. The van der Waals surface area contributed by atoms with E-state index < -0.39 is 11.6 Å². The molecule has 0 aliphatic carbocycles. The zero-order valence-electron chi connectivity index (χ0n) is 13.1. The lowest BCUT2D eigenvalue weighted by Gasteiger charge is -1.99. The van der Waals surface area contributed by atoms with E-state index in [2.05, 4.69) is 36.3 Å². The monoisotopic (exact) mass is 346 g/mol. The first-order valence-corrected chi connectivity index (χ1v) is 7.94. The molecule has 0 aromatic heterocycles. The third kappa shape index (κ3) is 4.29. The van der Waals surface area contributed by atoms with Crippen molar-refractivity contribution in [2.45, 2.75) is 4.90 Å². The van der Waals surface area contributed by atoms with E-state index in [1.165, 1.54) is 12.1 Å². The maximum absolute atomic E-state index is 14.2. The highest BCUT2D eigenvalue weighted by Gasteiger charge is 2.10. The van der Waals surface area contributed by atoms with Gasteiger partial charge in [0, 0.05) is 16.0 Å². The Balaban J connectivity index is 1.89. The summed E-state index contributed by atoms with van der Waals surface area (Å²) in [6.45, 7) is 0. The molecule has 0 amide bonds. The van der Waals surface area contributed by atoms with Crippen LogP contribution >= 0.6 is 12.6 Å². The number of halogens is 2. The minimum absolute atomic E-state index is 0.00212. The molecule has 3 heteroatoms. The summed E-state index contributed by atoms with van der Waals surface area (Å²) in [6.07, 6.45) is 0. The molecule has 0 spiro atoms. The zero-order valence-corrected chi connectivity index (χ0v) is 13.9. The van der Waals surface area contributed by atoms with Gasteiger partial charge in [-0.25, -0.2) is 8.78 Å². The Hall–Kier alpha value is -3.01. The minimum Gasteiger partial charge on any atom is -0.202 e. The van der Waals surface area contributed by atoms with Crippen LogP contribution in [-0.4, -0.2) is 0 Å². The summed E-state index contributed by atoms with van der Waals surface area (Å²) in [7, 11) is 0.